The molecule has 0 saturated carbocycles. The molecule has 1 aromatic rings. The second-order valence-corrected chi connectivity index (χ2v) is 6.24. The Morgan fingerprint density at radius 3 is 2.73 bits per heavy atom. The van der Waals surface area contributed by atoms with Gasteiger partial charge in [-0.15, -0.1) is 0 Å². The van der Waals surface area contributed by atoms with E-state index in [1.807, 2.05) is 18.7 Å². The third kappa shape index (κ3) is 3.05. The maximum atomic E-state index is 12.0. The van der Waals surface area contributed by atoms with E-state index in [0.717, 1.165) is 19.4 Å². The minimum absolute atomic E-state index is 0.105. The molecule has 1 fully saturated rings. The molecule has 1 heterocycles. The van der Waals surface area contributed by atoms with E-state index in [-0.39, 0.29) is 22.5 Å². The average molecular weight is 306 g/mol. The van der Waals surface area contributed by atoms with Gasteiger partial charge in [-0.05, 0) is 38.7 Å². The summed E-state index contributed by atoms with van der Waals surface area (Å²) in [5.41, 5.74) is 0.133. The molecule has 1 aliphatic rings. The topological polar surface area (TPSA) is 72.7 Å². The highest BCUT2D eigenvalue weighted by atomic mass is 16.6. The number of rotatable bonds is 4. The number of hydrogen-bond acceptors (Lipinski definition) is 5. The molecule has 0 bridgehead atoms. The van der Waals surface area contributed by atoms with Crippen LogP contribution >= 0.6 is 0 Å². The molecule has 1 atom stereocenters. The number of carbonyl (C=O) groups is 1. The molecule has 0 aromatic heterocycles. The Bertz CT molecular complexity index is 571. The zero-order chi connectivity index (χ0) is 16.3. The van der Waals surface area contributed by atoms with Crippen molar-refractivity contribution in [1.29, 1.82) is 0 Å². The summed E-state index contributed by atoms with van der Waals surface area (Å²) in [4.78, 5) is 24.9. The first-order valence-electron chi connectivity index (χ1n) is 7.44. The van der Waals surface area contributed by atoms with Crippen LogP contribution in [0, 0.1) is 21.4 Å². The molecule has 1 aromatic carbocycles. The van der Waals surface area contributed by atoms with Crippen molar-refractivity contribution in [2.75, 3.05) is 25.1 Å². The van der Waals surface area contributed by atoms with Crippen LogP contribution in [0.1, 0.15) is 26.7 Å². The number of hydrogen-bond donors (Lipinski definition) is 0. The molecule has 1 aliphatic heterocycles. The fraction of sp³-hybridized carbons (Fsp3) is 0.562. The zero-order valence-electron chi connectivity index (χ0n) is 13.2. The largest absolute Gasteiger partial charge is 0.469 e. The monoisotopic (exact) mass is 306 g/mol. The number of anilines is 1. The van der Waals surface area contributed by atoms with Gasteiger partial charge in [-0.25, -0.2) is 0 Å². The molecular formula is C16H22N2O4. The summed E-state index contributed by atoms with van der Waals surface area (Å²) in [6.45, 7) is 5.14. The quantitative estimate of drug-likeness (QED) is 0.486. The van der Waals surface area contributed by atoms with Crippen molar-refractivity contribution in [3.8, 4) is 0 Å². The molecule has 6 heteroatoms. The Kier molecular flexibility index (Phi) is 4.68. The lowest BCUT2D eigenvalue weighted by atomic mass is 9.74. The van der Waals surface area contributed by atoms with Gasteiger partial charge in [-0.1, -0.05) is 12.1 Å². The number of esters is 1. The van der Waals surface area contributed by atoms with E-state index in [4.69, 9.17) is 4.74 Å². The summed E-state index contributed by atoms with van der Waals surface area (Å²) in [5.74, 6) is -0.129. The van der Waals surface area contributed by atoms with Crippen molar-refractivity contribution in [1.82, 2.24) is 0 Å². The smallest absolute Gasteiger partial charge is 0.311 e. The maximum Gasteiger partial charge on any atom is 0.311 e. The number of piperidine rings is 1. The van der Waals surface area contributed by atoms with E-state index in [9.17, 15) is 14.9 Å². The minimum Gasteiger partial charge on any atom is -0.469 e. The second kappa shape index (κ2) is 6.34. The first-order valence-corrected chi connectivity index (χ1v) is 7.44. The van der Waals surface area contributed by atoms with Gasteiger partial charge in [0.1, 0.15) is 5.69 Å². The summed E-state index contributed by atoms with van der Waals surface area (Å²) in [7, 11) is 1.40. The van der Waals surface area contributed by atoms with Gasteiger partial charge < -0.3 is 9.64 Å². The molecule has 1 saturated heterocycles. The molecule has 0 N–H and O–H groups in total. The van der Waals surface area contributed by atoms with Gasteiger partial charge in [0.2, 0.25) is 0 Å². The van der Waals surface area contributed by atoms with Crippen LogP contribution in [-0.4, -0.2) is 31.1 Å². The van der Waals surface area contributed by atoms with Gasteiger partial charge >= 0.3 is 5.97 Å². The first kappa shape index (κ1) is 16.3. The SMILES string of the molecule is COC(=O)C(C)(C)C1CCCN(c2ccccc2[N+](=O)[O-])C1. The number of nitro groups is 1. The van der Waals surface area contributed by atoms with E-state index in [1.54, 1.807) is 18.2 Å². The Morgan fingerprint density at radius 2 is 2.09 bits per heavy atom. The van der Waals surface area contributed by atoms with E-state index >= 15 is 0 Å². The van der Waals surface area contributed by atoms with Gasteiger partial charge in [0.15, 0.2) is 0 Å². The molecule has 2 rings (SSSR count). The summed E-state index contributed by atoms with van der Waals surface area (Å²) in [6, 6.07) is 6.76. The van der Waals surface area contributed by atoms with Crippen molar-refractivity contribution in [2.45, 2.75) is 26.7 Å². The summed E-state index contributed by atoms with van der Waals surface area (Å²) < 4.78 is 4.91. The highest BCUT2D eigenvalue weighted by molar-refractivity contribution is 5.76. The average Bonchev–Trinajstić information content (AvgIpc) is 2.54. The van der Waals surface area contributed by atoms with Crippen LogP contribution in [0.25, 0.3) is 0 Å². The lowest BCUT2D eigenvalue weighted by Gasteiger charge is -2.40. The normalized spacial score (nSPS) is 18.9. The lowest BCUT2D eigenvalue weighted by molar-refractivity contribution is -0.384. The Morgan fingerprint density at radius 1 is 1.41 bits per heavy atom. The second-order valence-electron chi connectivity index (χ2n) is 6.24. The fourth-order valence-electron chi connectivity index (χ4n) is 3.10. The molecular weight excluding hydrogens is 284 g/mol. The third-order valence-electron chi connectivity index (χ3n) is 4.57. The van der Waals surface area contributed by atoms with Gasteiger partial charge in [-0.2, -0.15) is 0 Å². The third-order valence-corrected chi connectivity index (χ3v) is 4.57. The number of ether oxygens (including phenoxy) is 1. The van der Waals surface area contributed by atoms with Crippen LogP contribution in [0.3, 0.4) is 0 Å². The number of nitro benzene ring substituents is 1. The maximum absolute atomic E-state index is 12.0. The number of carbonyl (C=O) groups excluding carboxylic acids is 1. The van der Waals surface area contributed by atoms with Crippen molar-refractivity contribution < 1.29 is 14.5 Å². The van der Waals surface area contributed by atoms with Gasteiger partial charge in [0.25, 0.3) is 5.69 Å². The highest BCUT2D eigenvalue weighted by Gasteiger charge is 2.40. The summed E-state index contributed by atoms with van der Waals surface area (Å²) in [6.07, 6.45) is 1.82. The van der Waals surface area contributed by atoms with Gasteiger partial charge in [0, 0.05) is 19.2 Å². The number of nitrogens with zero attached hydrogens (tertiary/aromatic N) is 2. The molecule has 0 radical (unpaired) electrons. The molecule has 120 valence electrons. The summed E-state index contributed by atoms with van der Waals surface area (Å²) in [5, 5.41) is 11.2. The van der Waals surface area contributed by atoms with Crippen molar-refractivity contribution in [3.05, 3.63) is 34.4 Å². The number of benzene rings is 1. The standard InChI is InChI=1S/C16H22N2O4/c1-16(2,15(19)22-3)12-7-6-10-17(11-12)13-8-4-5-9-14(13)18(20)21/h4-5,8-9,12H,6-7,10-11H2,1-3H3. The van der Waals surface area contributed by atoms with E-state index < -0.39 is 5.41 Å². The van der Waals surface area contributed by atoms with Gasteiger partial charge in [0.05, 0.1) is 17.4 Å². The van der Waals surface area contributed by atoms with Crippen LogP contribution in [0.4, 0.5) is 11.4 Å². The van der Waals surface area contributed by atoms with Crippen LogP contribution < -0.4 is 4.90 Å². The van der Waals surface area contributed by atoms with Crippen molar-refractivity contribution in [3.63, 3.8) is 0 Å². The molecule has 0 aliphatic carbocycles. The molecule has 22 heavy (non-hydrogen) atoms. The Hall–Kier alpha value is -2.11. The van der Waals surface area contributed by atoms with Crippen LogP contribution in [-0.2, 0) is 9.53 Å². The lowest BCUT2D eigenvalue weighted by Crippen LogP contribution is -2.45. The van der Waals surface area contributed by atoms with E-state index in [1.165, 1.54) is 13.2 Å². The highest BCUT2D eigenvalue weighted by Crippen LogP contribution is 2.38. The Labute approximate surface area is 130 Å². The number of para-hydroxylation sites is 2. The van der Waals surface area contributed by atoms with Crippen molar-refractivity contribution >= 4 is 17.3 Å². The van der Waals surface area contributed by atoms with Crippen LogP contribution in [0.2, 0.25) is 0 Å². The molecule has 1 unspecified atom stereocenters. The molecule has 0 amide bonds. The first-order chi connectivity index (χ1) is 10.4. The minimum atomic E-state index is -0.600. The predicted molar refractivity (Wildman–Crippen MR) is 83.8 cm³/mol. The molecule has 0 spiro atoms. The number of methoxy groups -OCH3 is 1. The predicted octanol–water partition coefficient (Wildman–Crippen LogP) is 3.01. The van der Waals surface area contributed by atoms with Crippen LogP contribution in [0.5, 0.6) is 0 Å². The summed E-state index contributed by atoms with van der Waals surface area (Å²) >= 11 is 0. The Balaban J connectivity index is 2.25. The molecule has 6 nitrogen and oxygen atoms in total. The van der Waals surface area contributed by atoms with Crippen LogP contribution in [0.15, 0.2) is 24.3 Å². The zero-order valence-corrected chi connectivity index (χ0v) is 13.2. The van der Waals surface area contributed by atoms with Crippen molar-refractivity contribution in [2.24, 2.45) is 11.3 Å². The van der Waals surface area contributed by atoms with E-state index in [2.05, 4.69) is 0 Å². The van der Waals surface area contributed by atoms with Gasteiger partial charge in [-0.3, -0.25) is 14.9 Å². The fourth-order valence-corrected chi connectivity index (χ4v) is 3.10. The van der Waals surface area contributed by atoms with E-state index in [0.29, 0.717) is 12.2 Å².